The van der Waals surface area contributed by atoms with Crippen LogP contribution in [0.4, 0.5) is 11.4 Å². The minimum absolute atomic E-state index is 0.0198. The topological polar surface area (TPSA) is 129 Å². The molecule has 132 valence electrons. The van der Waals surface area contributed by atoms with E-state index in [9.17, 15) is 19.7 Å². The Kier molecular flexibility index (Phi) is 5.06. The first-order valence-electron chi connectivity index (χ1n) is 7.21. The first-order chi connectivity index (χ1) is 11.7. The summed E-state index contributed by atoms with van der Waals surface area (Å²) in [5.41, 5.74) is 5.58. The predicted octanol–water partition coefficient (Wildman–Crippen LogP) is 2.14. The van der Waals surface area contributed by atoms with Crippen LogP contribution in [-0.4, -0.2) is 35.9 Å². The van der Waals surface area contributed by atoms with Gasteiger partial charge in [-0.3, -0.25) is 14.9 Å². The Labute approximate surface area is 143 Å². The Morgan fingerprint density at radius 2 is 2.04 bits per heavy atom. The average molecular weight is 347 g/mol. The molecule has 9 heteroatoms. The maximum absolute atomic E-state index is 12.4. The number of nitro benzene ring substituents is 1. The number of nitrogens with zero attached hydrogens (tertiary/aromatic N) is 2. The zero-order valence-electron chi connectivity index (χ0n) is 13.9. The van der Waals surface area contributed by atoms with Gasteiger partial charge in [0.25, 0.3) is 11.6 Å². The van der Waals surface area contributed by atoms with Crippen molar-refractivity contribution < 1.29 is 23.7 Å². The normalized spacial score (nSPS) is 10.4. The van der Waals surface area contributed by atoms with Crippen molar-refractivity contribution in [2.75, 3.05) is 19.9 Å². The van der Waals surface area contributed by atoms with Gasteiger partial charge in [0.15, 0.2) is 0 Å². The number of nitrogen functional groups attached to an aromatic ring is 1. The molecule has 9 nitrogen and oxygen atoms in total. The zero-order chi connectivity index (χ0) is 18.7. The summed E-state index contributed by atoms with van der Waals surface area (Å²) in [6, 6.07) is 5.35. The van der Waals surface area contributed by atoms with Gasteiger partial charge in [0, 0.05) is 18.7 Å². The van der Waals surface area contributed by atoms with Crippen molar-refractivity contribution in [3.8, 4) is 0 Å². The highest BCUT2D eigenvalue weighted by Crippen LogP contribution is 2.23. The number of aryl methyl sites for hydroxylation is 1. The molecule has 0 aliphatic carbocycles. The fourth-order valence-corrected chi connectivity index (χ4v) is 2.29. The number of nitrogens with two attached hydrogens (primary N) is 1. The van der Waals surface area contributed by atoms with E-state index >= 15 is 0 Å². The second kappa shape index (κ2) is 7.04. The fraction of sp³-hybridized carbons (Fsp3) is 0.250. The molecule has 0 saturated carbocycles. The molecule has 0 aliphatic rings. The van der Waals surface area contributed by atoms with Crippen LogP contribution in [0, 0.1) is 17.0 Å². The molecular weight excluding hydrogens is 330 g/mol. The van der Waals surface area contributed by atoms with E-state index < -0.39 is 16.8 Å². The number of benzene rings is 1. The number of furan rings is 1. The Hall–Kier alpha value is -3.36. The summed E-state index contributed by atoms with van der Waals surface area (Å²) >= 11 is 0. The molecule has 0 atom stereocenters. The summed E-state index contributed by atoms with van der Waals surface area (Å²) in [6.45, 7) is 1.69. The van der Waals surface area contributed by atoms with Gasteiger partial charge in [-0.05, 0) is 25.1 Å². The van der Waals surface area contributed by atoms with Gasteiger partial charge >= 0.3 is 5.97 Å². The first-order valence-corrected chi connectivity index (χ1v) is 7.21. The predicted molar refractivity (Wildman–Crippen MR) is 88.1 cm³/mol. The second-order valence-corrected chi connectivity index (χ2v) is 5.37. The number of nitro groups is 1. The molecule has 0 radical (unpaired) electrons. The van der Waals surface area contributed by atoms with Crippen LogP contribution in [0.15, 0.2) is 28.7 Å². The molecule has 2 rings (SSSR count). The van der Waals surface area contributed by atoms with Crippen LogP contribution in [0.2, 0.25) is 0 Å². The number of methoxy groups -OCH3 is 1. The zero-order valence-corrected chi connectivity index (χ0v) is 13.9. The number of esters is 1. The average Bonchev–Trinajstić information content (AvgIpc) is 2.93. The third-order valence-corrected chi connectivity index (χ3v) is 3.59. The molecule has 0 spiro atoms. The summed E-state index contributed by atoms with van der Waals surface area (Å²) in [6.07, 6.45) is 0. The standard InChI is InChI=1S/C16H17N3O6/c1-9-12(16(21)24-3)7-11(25-9)8-18(2)15(20)10-4-5-13(17)14(6-10)19(22)23/h4-7H,8,17H2,1-3H3. The number of amides is 1. The Bertz CT molecular complexity index is 842. The highest BCUT2D eigenvalue weighted by molar-refractivity contribution is 5.95. The number of ether oxygens (including phenoxy) is 1. The van der Waals surface area contributed by atoms with E-state index in [-0.39, 0.29) is 29.0 Å². The van der Waals surface area contributed by atoms with Crippen LogP contribution in [0.25, 0.3) is 0 Å². The summed E-state index contributed by atoms with van der Waals surface area (Å²) in [4.78, 5) is 35.6. The Balaban J connectivity index is 2.20. The smallest absolute Gasteiger partial charge is 0.341 e. The van der Waals surface area contributed by atoms with E-state index in [0.717, 1.165) is 6.07 Å². The highest BCUT2D eigenvalue weighted by atomic mass is 16.6. The minimum Gasteiger partial charge on any atom is -0.465 e. The number of rotatable bonds is 5. The van der Waals surface area contributed by atoms with Crippen molar-refractivity contribution >= 4 is 23.3 Å². The quantitative estimate of drug-likeness (QED) is 0.379. The van der Waals surface area contributed by atoms with E-state index in [2.05, 4.69) is 4.74 Å². The van der Waals surface area contributed by atoms with E-state index in [1.54, 1.807) is 6.92 Å². The molecule has 0 aliphatic heterocycles. The van der Waals surface area contributed by atoms with E-state index in [0.29, 0.717) is 11.5 Å². The van der Waals surface area contributed by atoms with Gasteiger partial charge in [0.2, 0.25) is 0 Å². The van der Waals surface area contributed by atoms with Crippen molar-refractivity contribution in [3.05, 3.63) is 57.0 Å². The van der Waals surface area contributed by atoms with E-state index in [4.69, 9.17) is 10.2 Å². The number of hydrogen-bond donors (Lipinski definition) is 1. The van der Waals surface area contributed by atoms with Crippen molar-refractivity contribution in [3.63, 3.8) is 0 Å². The number of carbonyl (C=O) groups is 2. The maximum atomic E-state index is 12.4. The van der Waals surface area contributed by atoms with Gasteiger partial charge in [0.05, 0.1) is 18.6 Å². The molecule has 25 heavy (non-hydrogen) atoms. The molecule has 2 N–H and O–H groups in total. The van der Waals surface area contributed by atoms with Gasteiger partial charge < -0.3 is 19.8 Å². The lowest BCUT2D eigenvalue weighted by atomic mass is 10.1. The number of anilines is 1. The molecule has 1 aromatic carbocycles. The SMILES string of the molecule is COC(=O)c1cc(CN(C)C(=O)c2ccc(N)c([N+](=O)[O-])c2)oc1C. The third-order valence-electron chi connectivity index (χ3n) is 3.59. The van der Waals surface area contributed by atoms with Crippen molar-refractivity contribution in [1.29, 1.82) is 0 Å². The number of carbonyl (C=O) groups excluding carboxylic acids is 2. The van der Waals surface area contributed by atoms with Gasteiger partial charge in [-0.15, -0.1) is 0 Å². The van der Waals surface area contributed by atoms with E-state index in [1.807, 2.05) is 0 Å². The summed E-state index contributed by atoms with van der Waals surface area (Å²) in [5.74, 6) is -0.211. The fourth-order valence-electron chi connectivity index (χ4n) is 2.29. The third kappa shape index (κ3) is 3.77. The van der Waals surface area contributed by atoms with E-state index in [1.165, 1.54) is 37.3 Å². The largest absolute Gasteiger partial charge is 0.465 e. The molecule has 0 bridgehead atoms. The molecule has 0 saturated heterocycles. The lowest BCUT2D eigenvalue weighted by Gasteiger charge is -2.15. The van der Waals surface area contributed by atoms with Gasteiger partial charge in [-0.1, -0.05) is 0 Å². The van der Waals surface area contributed by atoms with Gasteiger partial charge in [-0.25, -0.2) is 4.79 Å². The summed E-state index contributed by atoms with van der Waals surface area (Å²) < 4.78 is 10.1. The van der Waals surface area contributed by atoms with Crippen LogP contribution in [0.1, 0.15) is 32.2 Å². The summed E-state index contributed by atoms with van der Waals surface area (Å²) in [5, 5.41) is 10.9. The van der Waals surface area contributed by atoms with Crippen LogP contribution in [-0.2, 0) is 11.3 Å². The van der Waals surface area contributed by atoms with Crippen molar-refractivity contribution in [2.45, 2.75) is 13.5 Å². The Morgan fingerprint density at radius 3 is 2.64 bits per heavy atom. The molecule has 1 aromatic heterocycles. The monoisotopic (exact) mass is 347 g/mol. The second-order valence-electron chi connectivity index (χ2n) is 5.37. The van der Waals surface area contributed by atoms with Crippen LogP contribution in [0.3, 0.4) is 0 Å². The van der Waals surface area contributed by atoms with Gasteiger partial charge in [0.1, 0.15) is 22.8 Å². The lowest BCUT2D eigenvalue weighted by molar-refractivity contribution is -0.383. The van der Waals surface area contributed by atoms with Gasteiger partial charge in [-0.2, -0.15) is 0 Å². The molecule has 0 unspecified atom stereocenters. The Morgan fingerprint density at radius 1 is 1.36 bits per heavy atom. The molecule has 2 aromatic rings. The van der Waals surface area contributed by atoms with Crippen LogP contribution in [0.5, 0.6) is 0 Å². The van der Waals surface area contributed by atoms with Crippen LogP contribution < -0.4 is 5.73 Å². The molecule has 1 heterocycles. The van der Waals surface area contributed by atoms with Crippen LogP contribution >= 0.6 is 0 Å². The minimum atomic E-state index is -0.648. The molecule has 1 amide bonds. The lowest BCUT2D eigenvalue weighted by Crippen LogP contribution is -2.26. The maximum Gasteiger partial charge on any atom is 0.341 e. The highest BCUT2D eigenvalue weighted by Gasteiger charge is 2.21. The van der Waals surface area contributed by atoms with Crippen molar-refractivity contribution in [2.24, 2.45) is 0 Å². The number of hydrogen-bond acceptors (Lipinski definition) is 7. The van der Waals surface area contributed by atoms with Crippen molar-refractivity contribution in [1.82, 2.24) is 4.90 Å². The first kappa shape index (κ1) is 18.0. The molecule has 0 fully saturated rings. The summed E-state index contributed by atoms with van der Waals surface area (Å²) in [7, 11) is 2.78. The molecular formula is C16H17N3O6.